The van der Waals surface area contributed by atoms with Crippen molar-refractivity contribution < 1.29 is 14.2 Å². The molecule has 1 fully saturated rings. The fourth-order valence-electron chi connectivity index (χ4n) is 2.38. The summed E-state index contributed by atoms with van der Waals surface area (Å²) >= 11 is 5.79. The first-order chi connectivity index (χ1) is 9.06. The van der Waals surface area contributed by atoms with Gasteiger partial charge in [-0.05, 0) is 31.0 Å². The quantitative estimate of drug-likeness (QED) is 0.923. The van der Waals surface area contributed by atoms with Crippen LogP contribution in [0.25, 0.3) is 0 Å². The predicted molar refractivity (Wildman–Crippen MR) is 72.7 cm³/mol. The first-order valence-corrected chi connectivity index (χ1v) is 6.88. The van der Waals surface area contributed by atoms with Gasteiger partial charge in [0.1, 0.15) is 5.82 Å². The molecule has 0 saturated carbocycles. The van der Waals surface area contributed by atoms with Gasteiger partial charge in [0.15, 0.2) is 0 Å². The van der Waals surface area contributed by atoms with Gasteiger partial charge < -0.3 is 9.84 Å². The predicted octanol–water partition coefficient (Wildman–Crippen LogP) is 2.45. The molecular formula is C14H19ClFNO2. The highest BCUT2D eigenvalue weighted by molar-refractivity contribution is 6.30. The Morgan fingerprint density at radius 3 is 3.05 bits per heavy atom. The van der Waals surface area contributed by atoms with Crippen molar-refractivity contribution in [2.45, 2.75) is 32.0 Å². The van der Waals surface area contributed by atoms with E-state index in [0.29, 0.717) is 26.2 Å². The Morgan fingerprint density at radius 2 is 2.37 bits per heavy atom. The molecule has 1 N–H and O–H groups in total. The second kappa shape index (κ2) is 6.66. The summed E-state index contributed by atoms with van der Waals surface area (Å²) in [6.07, 6.45) is 0.320. The Hall–Kier alpha value is -0.680. The molecule has 106 valence electrons. The van der Waals surface area contributed by atoms with Gasteiger partial charge in [-0.15, -0.1) is 0 Å². The number of halogens is 2. The van der Waals surface area contributed by atoms with Crippen molar-refractivity contribution in [2.75, 3.05) is 19.8 Å². The second-order valence-electron chi connectivity index (χ2n) is 5.03. The Labute approximate surface area is 117 Å². The van der Waals surface area contributed by atoms with Gasteiger partial charge in [-0.3, -0.25) is 4.90 Å². The van der Waals surface area contributed by atoms with Crippen molar-refractivity contribution >= 4 is 11.6 Å². The number of aliphatic hydroxyl groups excluding tert-OH is 1. The zero-order chi connectivity index (χ0) is 13.8. The van der Waals surface area contributed by atoms with Crippen molar-refractivity contribution in [1.82, 2.24) is 4.90 Å². The Balaban J connectivity index is 2.04. The second-order valence-corrected chi connectivity index (χ2v) is 5.44. The zero-order valence-corrected chi connectivity index (χ0v) is 11.7. The third-order valence-corrected chi connectivity index (χ3v) is 3.62. The molecule has 2 rings (SSSR count). The molecule has 1 heterocycles. The fraction of sp³-hybridized carbons (Fsp3) is 0.571. The molecule has 0 radical (unpaired) electrons. The number of benzene rings is 1. The van der Waals surface area contributed by atoms with Crippen LogP contribution in [0.3, 0.4) is 0 Å². The summed E-state index contributed by atoms with van der Waals surface area (Å²) in [5, 5.41) is 9.67. The number of rotatable bonds is 4. The molecular weight excluding hydrogens is 269 g/mol. The van der Waals surface area contributed by atoms with E-state index in [1.54, 1.807) is 19.1 Å². The summed E-state index contributed by atoms with van der Waals surface area (Å²) in [7, 11) is 0. The van der Waals surface area contributed by atoms with E-state index >= 15 is 0 Å². The van der Waals surface area contributed by atoms with Crippen LogP contribution in [0.4, 0.5) is 4.39 Å². The summed E-state index contributed by atoms with van der Waals surface area (Å²) in [4.78, 5) is 2.25. The Kier molecular flexibility index (Phi) is 5.16. The van der Waals surface area contributed by atoms with Crippen LogP contribution < -0.4 is 0 Å². The fourth-order valence-corrected chi connectivity index (χ4v) is 2.58. The number of nitrogens with zero attached hydrogens (tertiary/aromatic N) is 1. The summed E-state index contributed by atoms with van der Waals surface area (Å²) in [6, 6.07) is 4.99. The Bertz CT molecular complexity index is 428. The van der Waals surface area contributed by atoms with Crippen LogP contribution in [-0.2, 0) is 11.3 Å². The molecule has 1 aliphatic rings. The van der Waals surface area contributed by atoms with Crippen LogP contribution in [-0.4, -0.2) is 41.9 Å². The average molecular weight is 288 g/mol. The first kappa shape index (κ1) is 14.7. The lowest BCUT2D eigenvalue weighted by atomic mass is 10.1. The maximum atomic E-state index is 13.1. The van der Waals surface area contributed by atoms with E-state index in [1.807, 2.05) is 0 Å². The molecule has 0 unspecified atom stereocenters. The monoisotopic (exact) mass is 287 g/mol. The highest BCUT2D eigenvalue weighted by atomic mass is 35.5. The minimum Gasteiger partial charge on any atom is -0.393 e. The van der Waals surface area contributed by atoms with Crippen molar-refractivity contribution in [1.29, 1.82) is 0 Å². The van der Waals surface area contributed by atoms with Gasteiger partial charge in [-0.25, -0.2) is 4.39 Å². The summed E-state index contributed by atoms with van der Waals surface area (Å²) < 4.78 is 18.6. The lowest BCUT2D eigenvalue weighted by Gasteiger charge is -2.36. The highest BCUT2D eigenvalue weighted by Gasteiger charge is 2.24. The van der Waals surface area contributed by atoms with E-state index in [1.165, 1.54) is 6.07 Å². The van der Waals surface area contributed by atoms with Gasteiger partial charge in [-0.2, -0.15) is 0 Å². The number of hydrogen-bond acceptors (Lipinski definition) is 3. The first-order valence-electron chi connectivity index (χ1n) is 6.50. The van der Waals surface area contributed by atoms with Crippen LogP contribution in [0.1, 0.15) is 18.9 Å². The van der Waals surface area contributed by atoms with Crippen LogP contribution >= 0.6 is 11.6 Å². The zero-order valence-electron chi connectivity index (χ0n) is 11.0. The smallest absolute Gasteiger partial charge is 0.141 e. The molecule has 1 aromatic rings. The summed E-state index contributed by atoms with van der Waals surface area (Å²) in [5.41, 5.74) is 0.976. The molecule has 0 spiro atoms. The van der Waals surface area contributed by atoms with E-state index < -0.39 is 5.82 Å². The molecule has 0 amide bonds. The van der Waals surface area contributed by atoms with Gasteiger partial charge in [0.2, 0.25) is 0 Å². The summed E-state index contributed by atoms with van der Waals surface area (Å²) in [5.74, 6) is -0.395. The van der Waals surface area contributed by atoms with E-state index in [2.05, 4.69) is 4.90 Å². The van der Waals surface area contributed by atoms with Gasteiger partial charge in [0, 0.05) is 19.1 Å². The molecule has 19 heavy (non-hydrogen) atoms. The molecule has 1 saturated heterocycles. The minimum absolute atomic E-state index is 0.151. The lowest BCUT2D eigenvalue weighted by Crippen LogP contribution is -2.46. The average Bonchev–Trinajstić information content (AvgIpc) is 2.36. The molecule has 0 aliphatic carbocycles. The number of hydrogen-bond donors (Lipinski definition) is 1. The van der Waals surface area contributed by atoms with Crippen molar-refractivity contribution in [3.63, 3.8) is 0 Å². The van der Waals surface area contributed by atoms with Gasteiger partial charge in [0.05, 0.1) is 24.3 Å². The molecule has 5 heteroatoms. The summed E-state index contributed by atoms with van der Waals surface area (Å²) in [6.45, 7) is 4.60. The lowest BCUT2D eigenvalue weighted by molar-refractivity contribution is -0.0276. The molecule has 1 aliphatic heterocycles. The van der Waals surface area contributed by atoms with Crippen LogP contribution in [0.2, 0.25) is 5.02 Å². The van der Waals surface area contributed by atoms with Crippen LogP contribution in [0.5, 0.6) is 0 Å². The number of ether oxygens (including phenoxy) is 1. The van der Waals surface area contributed by atoms with Gasteiger partial charge in [-0.1, -0.05) is 17.7 Å². The Morgan fingerprint density at radius 1 is 1.58 bits per heavy atom. The van der Waals surface area contributed by atoms with Crippen molar-refractivity contribution in [3.8, 4) is 0 Å². The standard InChI is InChI=1S/C14H19ClFNO2/c1-10(18)6-12-9-19-5-4-17(12)8-11-2-3-14(16)13(15)7-11/h2-3,7,10,12,18H,4-6,8-9H2,1H3/t10-,12+/m0/s1. The molecule has 3 nitrogen and oxygen atoms in total. The van der Waals surface area contributed by atoms with E-state index in [4.69, 9.17) is 16.3 Å². The number of aliphatic hydroxyl groups is 1. The maximum Gasteiger partial charge on any atom is 0.141 e. The van der Waals surface area contributed by atoms with Crippen LogP contribution in [0.15, 0.2) is 18.2 Å². The third-order valence-electron chi connectivity index (χ3n) is 3.33. The van der Waals surface area contributed by atoms with Gasteiger partial charge >= 0.3 is 0 Å². The van der Waals surface area contributed by atoms with Crippen LogP contribution in [0, 0.1) is 5.82 Å². The van der Waals surface area contributed by atoms with E-state index in [0.717, 1.165) is 12.1 Å². The third kappa shape index (κ3) is 4.14. The van der Waals surface area contributed by atoms with Crippen molar-refractivity contribution in [2.24, 2.45) is 0 Å². The molecule has 0 bridgehead atoms. The van der Waals surface area contributed by atoms with E-state index in [9.17, 15) is 9.50 Å². The molecule has 2 atom stereocenters. The SMILES string of the molecule is C[C@H](O)C[C@@H]1COCCN1Cc1ccc(F)c(Cl)c1. The highest BCUT2D eigenvalue weighted by Crippen LogP contribution is 2.20. The van der Waals surface area contributed by atoms with E-state index in [-0.39, 0.29) is 17.2 Å². The molecule has 0 aromatic heterocycles. The van der Waals surface area contributed by atoms with Gasteiger partial charge in [0.25, 0.3) is 0 Å². The normalized spacial score (nSPS) is 22.4. The largest absolute Gasteiger partial charge is 0.393 e. The molecule has 1 aromatic carbocycles. The topological polar surface area (TPSA) is 32.7 Å². The van der Waals surface area contributed by atoms with Crippen molar-refractivity contribution in [3.05, 3.63) is 34.6 Å². The maximum absolute atomic E-state index is 13.1. The number of morpholine rings is 1. The minimum atomic E-state index is -0.395.